The molecule has 138 valence electrons. The van der Waals surface area contributed by atoms with Gasteiger partial charge in [0.15, 0.2) is 6.10 Å². The molecule has 0 spiro atoms. The molecule has 1 amide bonds. The molecule has 0 aliphatic carbocycles. The molecule has 0 bridgehead atoms. The van der Waals surface area contributed by atoms with Gasteiger partial charge in [0.05, 0.1) is 5.69 Å². The number of ether oxygens (including phenoxy) is 1. The van der Waals surface area contributed by atoms with E-state index in [2.05, 4.69) is 10.4 Å². The van der Waals surface area contributed by atoms with Crippen molar-refractivity contribution in [2.24, 2.45) is 0 Å². The standard InChI is InChI=1S/C20H18FN3O3/c1-13-3-7-16(8-4-13)22-20(26)14(2)27-18-11-12-19(25)24(23-18)17-9-5-15(21)6-10-17/h3-12,14H,1-2H3,(H,22,26)/t14-/m1/s1. The summed E-state index contributed by atoms with van der Waals surface area (Å²) in [4.78, 5) is 24.3. The average molecular weight is 367 g/mol. The molecule has 0 saturated heterocycles. The largest absolute Gasteiger partial charge is 0.463 e. The second kappa shape index (κ2) is 7.82. The van der Waals surface area contributed by atoms with E-state index in [0.717, 1.165) is 10.2 Å². The van der Waals surface area contributed by atoms with E-state index < -0.39 is 17.5 Å². The van der Waals surface area contributed by atoms with Gasteiger partial charge in [0.2, 0.25) is 5.88 Å². The van der Waals surface area contributed by atoms with E-state index in [9.17, 15) is 14.0 Å². The Labute approximate surface area is 155 Å². The fourth-order valence-corrected chi connectivity index (χ4v) is 2.34. The lowest BCUT2D eigenvalue weighted by Gasteiger charge is -2.15. The van der Waals surface area contributed by atoms with E-state index in [1.807, 2.05) is 19.1 Å². The van der Waals surface area contributed by atoms with Crippen molar-refractivity contribution >= 4 is 11.6 Å². The van der Waals surface area contributed by atoms with Crippen molar-refractivity contribution in [1.29, 1.82) is 0 Å². The van der Waals surface area contributed by atoms with Crippen LogP contribution in [0, 0.1) is 12.7 Å². The van der Waals surface area contributed by atoms with Gasteiger partial charge in [-0.25, -0.2) is 4.39 Å². The van der Waals surface area contributed by atoms with Crippen molar-refractivity contribution < 1.29 is 13.9 Å². The topological polar surface area (TPSA) is 73.2 Å². The number of rotatable bonds is 5. The van der Waals surface area contributed by atoms with Gasteiger partial charge in [-0.1, -0.05) is 17.7 Å². The zero-order valence-corrected chi connectivity index (χ0v) is 14.8. The highest BCUT2D eigenvalue weighted by atomic mass is 19.1. The monoisotopic (exact) mass is 367 g/mol. The molecule has 0 radical (unpaired) electrons. The minimum Gasteiger partial charge on any atom is -0.463 e. The number of nitrogens with zero attached hydrogens (tertiary/aromatic N) is 2. The second-order valence-electron chi connectivity index (χ2n) is 6.01. The molecule has 2 aromatic carbocycles. The summed E-state index contributed by atoms with van der Waals surface area (Å²) in [6, 6.07) is 15.4. The molecule has 0 aliphatic heterocycles. The van der Waals surface area contributed by atoms with Crippen LogP contribution in [0.3, 0.4) is 0 Å². The first-order valence-corrected chi connectivity index (χ1v) is 8.33. The summed E-state index contributed by atoms with van der Waals surface area (Å²) < 4.78 is 19.7. The van der Waals surface area contributed by atoms with E-state index in [0.29, 0.717) is 11.4 Å². The number of aryl methyl sites for hydroxylation is 1. The Kier molecular flexibility index (Phi) is 5.30. The first-order valence-electron chi connectivity index (χ1n) is 8.33. The predicted octanol–water partition coefficient (Wildman–Crippen LogP) is 3.09. The van der Waals surface area contributed by atoms with E-state index in [-0.39, 0.29) is 11.8 Å². The minimum absolute atomic E-state index is 0.102. The van der Waals surface area contributed by atoms with Crippen LogP contribution < -0.4 is 15.6 Å². The van der Waals surface area contributed by atoms with Gasteiger partial charge in [0.1, 0.15) is 5.82 Å². The molecule has 3 rings (SSSR count). The third-order valence-electron chi connectivity index (χ3n) is 3.83. The van der Waals surface area contributed by atoms with Crippen LogP contribution in [0.4, 0.5) is 10.1 Å². The van der Waals surface area contributed by atoms with Gasteiger partial charge in [0.25, 0.3) is 11.5 Å². The molecule has 0 aliphatic rings. The average Bonchev–Trinajstić information content (AvgIpc) is 2.66. The summed E-state index contributed by atoms with van der Waals surface area (Å²) >= 11 is 0. The molecule has 1 atom stereocenters. The van der Waals surface area contributed by atoms with Crippen molar-refractivity contribution in [3.63, 3.8) is 0 Å². The Morgan fingerprint density at radius 1 is 1.07 bits per heavy atom. The number of aromatic nitrogens is 2. The molecule has 0 unspecified atom stereocenters. The van der Waals surface area contributed by atoms with Crippen molar-refractivity contribution in [3.8, 4) is 11.6 Å². The zero-order chi connectivity index (χ0) is 19.4. The Morgan fingerprint density at radius 2 is 1.74 bits per heavy atom. The van der Waals surface area contributed by atoms with Crippen LogP contribution in [-0.2, 0) is 4.79 Å². The lowest BCUT2D eigenvalue weighted by molar-refractivity contribution is -0.122. The summed E-state index contributed by atoms with van der Waals surface area (Å²) in [5.74, 6) is -0.661. The van der Waals surface area contributed by atoms with Crippen LogP contribution in [0.1, 0.15) is 12.5 Å². The zero-order valence-electron chi connectivity index (χ0n) is 14.8. The van der Waals surface area contributed by atoms with Crippen LogP contribution in [0.2, 0.25) is 0 Å². The van der Waals surface area contributed by atoms with Gasteiger partial charge < -0.3 is 10.1 Å². The smallest absolute Gasteiger partial charge is 0.271 e. The van der Waals surface area contributed by atoms with Crippen molar-refractivity contribution in [2.75, 3.05) is 5.32 Å². The van der Waals surface area contributed by atoms with Gasteiger partial charge in [-0.3, -0.25) is 9.59 Å². The molecule has 27 heavy (non-hydrogen) atoms. The number of benzene rings is 2. The Morgan fingerprint density at radius 3 is 2.41 bits per heavy atom. The summed E-state index contributed by atoms with van der Waals surface area (Å²) in [5.41, 5.74) is 1.74. The molecule has 1 heterocycles. The summed E-state index contributed by atoms with van der Waals surface area (Å²) in [6.45, 7) is 3.54. The second-order valence-corrected chi connectivity index (χ2v) is 6.01. The van der Waals surface area contributed by atoms with E-state index >= 15 is 0 Å². The Balaban J connectivity index is 1.74. The third kappa shape index (κ3) is 4.58. The normalized spacial score (nSPS) is 11.7. The lowest BCUT2D eigenvalue weighted by Crippen LogP contribution is -2.31. The summed E-state index contributed by atoms with van der Waals surface area (Å²) in [7, 11) is 0. The van der Waals surface area contributed by atoms with Crippen LogP contribution in [0.15, 0.2) is 65.5 Å². The Bertz CT molecular complexity index is 998. The van der Waals surface area contributed by atoms with Gasteiger partial charge in [-0.15, -0.1) is 5.10 Å². The van der Waals surface area contributed by atoms with Crippen LogP contribution >= 0.6 is 0 Å². The van der Waals surface area contributed by atoms with Gasteiger partial charge in [0, 0.05) is 17.8 Å². The van der Waals surface area contributed by atoms with Crippen LogP contribution in [-0.4, -0.2) is 21.8 Å². The van der Waals surface area contributed by atoms with Crippen LogP contribution in [0.5, 0.6) is 5.88 Å². The van der Waals surface area contributed by atoms with Gasteiger partial charge in [-0.05, 0) is 50.2 Å². The third-order valence-corrected chi connectivity index (χ3v) is 3.83. The SMILES string of the molecule is Cc1ccc(NC(=O)[C@@H](C)Oc2ccc(=O)n(-c3ccc(F)cc3)n2)cc1. The maximum Gasteiger partial charge on any atom is 0.271 e. The highest BCUT2D eigenvalue weighted by Gasteiger charge is 2.16. The lowest BCUT2D eigenvalue weighted by atomic mass is 10.2. The fourth-order valence-electron chi connectivity index (χ4n) is 2.34. The van der Waals surface area contributed by atoms with Gasteiger partial charge >= 0.3 is 0 Å². The number of nitrogens with one attached hydrogen (secondary N) is 1. The van der Waals surface area contributed by atoms with Crippen molar-refractivity contribution in [2.45, 2.75) is 20.0 Å². The van der Waals surface area contributed by atoms with E-state index in [1.54, 1.807) is 19.1 Å². The van der Waals surface area contributed by atoms with E-state index in [1.165, 1.54) is 36.4 Å². The first-order chi connectivity index (χ1) is 12.9. The van der Waals surface area contributed by atoms with Gasteiger partial charge in [-0.2, -0.15) is 4.68 Å². The molecule has 1 N–H and O–H groups in total. The van der Waals surface area contributed by atoms with E-state index in [4.69, 9.17) is 4.74 Å². The molecular formula is C20H18FN3O3. The minimum atomic E-state index is -0.835. The first kappa shape index (κ1) is 18.3. The molecule has 0 fully saturated rings. The predicted molar refractivity (Wildman–Crippen MR) is 99.7 cm³/mol. The number of halogens is 1. The maximum absolute atomic E-state index is 13.1. The van der Waals surface area contributed by atoms with Crippen molar-refractivity contribution in [3.05, 3.63) is 82.4 Å². The molecule has 7 heteroatoms. The molecule has 0 saturated carbocycles. The molecule has 3 aromatic rings. The summed E-state index contributed by atoms with van der Waals surface area (Å²) in [6.07, 6.45) is -0.835. The molecule has 6 nitrogen and oxygen atoms in total. The number of carbonyl (C=O) groups excluding carboxylic acids is 1. The molecular weight excluding hydrogens is 349 g/mol. The van der Waals surface area contributed by atoms with Crippen LogP contribution in [0.25, 0.3) is 5.69 Å². The number of amides is 1. The molecule has 1 aromatic heterocycles. The maximum atomic E-state index is 13.1. The highest BCUT2D eigenvalue weighted by Crippen LogP contribution is 2.12. The van der Waals surface area contributed by atoms with Crippen molar-refractivity contribution in [1.82, 2.24) is 9.78 Å². The number of anilines is 1. The Hall–Kier alpha value is -3.48. The highest BCUT2D eigenvalue weighted by molar-refractivity contribution is 5.94. The summed E-state index contributed by atoms with van der Waals surface area (Å²) in [5, 5.41) is 6.84. The number of carbonyl (C=O) groups is 1. The number of hydrogen-bond donors (Lipinski definition) is 1. The number of hydrogen-bond acceptors (Lipinski definition) is 4. The quantitative estimate of drug-likeness (QED) is 0.752. The fraction of sp³-hybridized carbons (Fsp3) is 0.150.